The second kappa shape index (κ2) is 6.93. The zero-order valence-corrected chi connectivity index (χ0v) is 14.4. The minimum absolute atomic E-state index is 0.0480. The van der Waals surface area contributed by atoms with Gasteiger partial charge < -0.3 is 10.2 Å². The maximum Gasteiger partial charge on any atom is 0.223 e. The summed E-state index contributed by atoms with van der Waals surface area (Å²) < 4.78 is 25.0. The van der Waals surface area contributed by atoms with E-state index in [2.05, 4.69) is 5.32 Å². The van der Waals surface area contributed by atoms with Gasteiger partial charge in [0.2, 0.25) is 11.8 Å². The topological polar surface area (TPSA) is 83.6 Å². The van der Waals surface area contributed by atoms with Crippen molar-refractivity contribution in [2.45, 2.75) is 37.0 Å². The third-order valence-corrected chi connectivity index (χ3v) is 6.39. The fraction of sp³-hybridized carbons (Fsp3) is 0.529. The van der Waals surface area contributed by atoms with E-state index in [1.807, 2.05) is 6.07 Å². The van der Waals surface area contributed by atoms with Crippen molar-refractivity contribution in [2.24, 2.45) is 0 Å². The summed E-state index contributed by atoms with van der Waals surface area (Å²) in [5.74, 6) is -0.477. The number of carbonyl (C=O) groups excluding carboxylic acids is 2. The number of benzene rings is 1. The Morgan fingerprint density at radius 2 is 1.92 bits per heavy atom. The Balaban J connectivity index is 1.62. The van der Waals surface area contributed by atoms with Crippen molar-refractivity contribution in [1.29, 1.82) is 0 Å². The lowest BCUT2D eigenvalue weighted by atomic mass is 10.1. The molecule has 130 valence electrons. The van der Waals surface area contributed by atoms with Crippen LogP contribution in [0.5, 0.6) is 0 Å². The second-order valence-electron chi connectivity index (χ2n) is 6.33. The highest BCUT2D eigenvalue weighted by molar-refractivity contribution is 7.91. The van der Waals surface area contributed by atoms with Crippen molar-refractivity contribution in [3.63, 3.8) is 0 Å². The number of amides is 2. The third kappa shape index (κ3) is 3.77. The molecule has 0 unspecified atom stereocenters. The van der Waals surface area contributed by atoms with Gasteiger partial charge in [0.15, 0.2) is 9.84 Å². The maximum atomic E-state index is 12.5. The highest BCUT2D eigenvalue weighted by Gasteiger charge is 2.23. The van der Waals surface area contributed by atoms with Crippen molar-refractivity contribution in [2.75, 3.05) is 25.4 Å². The molecular weight excluding hydrogens is 328 g/mol. The van der Waals surface area contributed by atoms with E-state index in [-0.39, 0.29) is 30.4 Å². The summed E-state index contributed by atoms with van der Waals surface area (Å²) in [4.78, 5) is 25.4. The molecule has 7 heteroatoms. The van der Waals surface area contributed by atoms with Gasteiger partial charge in [0.1, 0.15) is 0 Å². The number of fused-ring (bicyclic) bond motifs is 1. The average Bonchev–Trinajstić information content (AvgIpc) is 2.93. The fourth-order valence-corrected chi connectivity index (χ4v) is 4.53. The number of hydrogen-bond donors (Lipinski definition) is 1. The molecule has 0 atom stereocenters. The van der Waals surface area contributed by atoms with Crippen LogP contribution in [-0.4, -0.2) is 50.5 Å². The molecule has 1 aromatic carbocycles. The van der Waals surface area contributed by atoms with E-state index >= 15 is 0 Å². The van der Waals surface area contributed by atoms with Gasteiger partial charge >= 0.3 is 0 Å². The van der Waals surface area contributed by atoms with Crippen LogP contribution in [0.3, 0.4) is 0 Å². The van der Waals surface area contributed by atoms with Crippen LogP contribution < -0.4 is 5.32 Å². The number of rotatable bonds is 4. The number of carbonyl (C=O) groups is 2. The van der Waals surface area contributed by atoms with Gasteiger partial charge in [0.25, 0.3) is 0 Å². The molecule has 6 nitrogen and oxygen atoms in total. The molecule has 24 heavy (non-hydrogen) atoms. The lowest BCUT2D eigenvalue weighted by molar-refractivity contribution is -0.130. The van der Waals surface area contributed by atoms with Crippen LogP contribution in [0.2, 0.25) is 0 Å². The van der Waals surface area contributed by atoms with Crippen LogP contribution in [0.4, 0.5) is 0 Å². The van der Waals surface area contributed by atoms with Crippen LogP contribution in [0.15, 0.2) is 23.1 Å². The predicted octanol–water partition coefficient (Wildman–Crippen LogP) is 0.688. The van der Waals surface area contributed by atoms with E-state index in [1.54, 1.807) is 17.0 Å². The Kier molecular flexibility index (Phi) is 4.89. The van der Waals surface area contributed by atoms with Gasteiger partial charge in [-0.25, -0.2) is 8.42 Å². The lowest BCUT2D eigenvalue weighted by Gasteiger charge is -2.19. The SMILES string of the molecule is O=C1CCN(C(=O)CCS(=O)(=O)c2ccc3c(c2)CCC3)CCN1. The zero-order chi connectivity index (χ0) is 17.2. The Morgan fingerprint density at radius 1 is 1.12 bits per heavy atom. The van der Waals surface area contributed by atoms with Crippen molar-refractivity contribution in [3.8, 4) is 0 Å². The van der Waals surface area contributed by atoms with Gasteiger partial charge in [-0.2, -0.15) is 0 Å². The van der Waals surface area contributed by atoms with Crippen LogP contribution in [-0.2, 0) is 32.3 Å². The number of nitrogens with one attached hydrogen (secondary N) is 1. The molecule has 0 radical (unpaired) electrons. The maximum absolute atomic E-state index is 12.5. The summed E-state index contributed by atoms with van der Waals surface area (Å²) in [5.41, 5.74) is 2.34. The van der Waals surface area contributed by atoms with E-state index in [0.29, 0.717) is 24.5 Å². The van der Waals surface area contributed by atoms with Crippen LogP contribution in [0.25, 0.3) is 0 Å². The van der Waals surface area contributed by atoms with Crippen LogP contribution >= 0.6 is 0 Å². The number of nitrogens with zero attached hydrogens (tertiary/aromatic N) is 1. The van der Waals surface area contributed by atoms with Crippen LogP contribution in [0, 0.1) is 0 Å². The van der Waals surface area contributed by atoms with Gasteiger partial charge in [-0.15, -0.1) is 0 Å². The molecule has 0 spiro atoms. The van der Waals surface area contributed by atoms with Crippen molar-refractivity contribution in [3.05, 3.63) is 29.3 Å². The number of aryl methyl sites for hydroxylation is 2. The van der Waals surface area contributed by atoms with Gasteiger partial charge in [-0.05, 0) is 42.5 Å². The molecule has 0 saturated carbocycles. The standard InChI is InChI=1S/C17H22N2O4S/c20-16-6-9-19(10-8-18-16)17(21)7-11-24(22,23)15-5-4-13-2-1-3-14(13)12-15/h4-5,12H,1-3,6-11H2,(H,18,20). The Hall–Kier alpha value is -1.89. The Labute approximate surface area is 142 Å². The molecule has 0 aromatic heterocycles. The third-order valence-electron chi connectivity index (χ3n) is 4.68. The molecule has 1 heterocycles. The molecular formula is C17H22N2O4S. The molecule has 1 N–H and O–H groups in total. The predicted molar refractivity (Wildman–Crippen MR) is 89.3 cm³/mol. The van der Waals surface area contributed by atoms with Gasteiger partial charge in [-0.1, -0.05) is 6.07 Å². The summed E-state index contributed by atoms with van der Waals surface area (Å²) >= 11 is 0. The van der Waals surface area contributed by atoms with Gasteiger partial charge in [-0.3, -0.25) is 9.59 Å². The molecule has 1 saturated heterocycles. The molecule has 2 aliphatic rings. The number of sulfone groups is 1. The minimum atomic E-state index is -3.47. The van der Waals surface area contributed by atoms with E-state index in [4.69, 9.17) is 0 Å². The first-order valence-electron chi connectivity index (χ1n) is 8.35. The molecule has 1 aliphatic carbocycles. The van der Waals surface area contributed by atoms with E-state index in [0.717, 1.165) is 24.8 Å². The van der Waals surface area contributed by atoms with Crippen molar-refractivity contribution < 1.29 is 18.0 Å². The van der Waals surface area contributed by atoms with Crippen molar-refractivity contribution in [1.82, 2.24) is 10.2 Å². The summed E-state index contributed by atoms with van der Waals surface area (Å²) in [6.45, 7) is 1.20. The highest BCUT2D eigenvalue weighted by atomic mass is 32.2. The van der Waals surface area contributed by atoms with E-state index in [1.165, 1.54) is 5.56 Å². The normalized spacial score (nSPS) is 18.0. The summed E-state index contributed by atoms with van der Waals surface area (Å²) in [6, 6.07) is 5.30. The molecule has 1 aromatic rings. The lowest BCUT2D eigenvalue weighted by Crippen LogP contribution is -2.35. The fourth-order valence-electron chi connectivity index (χ4n) is 3.26. The first-order chi connectivity index (χ1) is 11.5. The van der Waals surface area contributed by atoms with Gasteiger partial charge in [0.05, 0.1) is 10.6 Å². The Morgan fingerprint density at radius 3 is 2.75 bits per heavy atom. The van der Waals surface area contributed by atoms with E-state index in [9.17, 15) is 18.0 Å². The highest BCUT2D eigenvalue weighted by Crippen LogP contribution is 2.25. The first-order valence-corrected chi connectivity index (χ1v) is 10.00. The monoisotopic (exact) mass is 350 g/mol. The largest absolute Gasteiger partial charge is 0.354 e. The molecule has 3 rings (SSSR count). The smallest absolute Gasteiger partial charge is 0.223 e. The first kappa shape index (κ1) is 17.0. The second-order valence-corrected chi connectivity index (χ2v) is 8.44. The minimum Gasteiger partial charge on any atom is -0.354 e. The molecule has 0 bridgehead atoms. The number of hydrogen-bond acceptors (Lipinski definition) is 4. The van der Waals surface area contributed by atoms with E-state index < -0.39 is 9.84 Å². The van der Waals surface area contributed by atoms with Crippen LogP contribution in [0.1, 0.15) is 30.4 Å². The van der Waals surface area contributed by atoms with Crippen molar-refractivity contribution >= 4 is 21.7 Å². The molecule has 1 fully saturated rings. The summed E-state index contributed by atoms with van der Waals surface area (Å²) in [6.07, 6.45) is 3.22. The zero-order valence-electron chi connectivity index (χ0n) is 13.6. The Bertz CT molecular complexity index is 758. The van der Waals surface area contributed by atoms with Gasteiger partial charge in [0, 0.05) is 32.5 Å². The summed E-state index contributed by atoms with van der Waals surface area (Å²) in [5, 5.41) is 2.70. The molecule has 2 amide bonds. The molecule has 1 aliphatic heterocycles. The quantitative estimate of drug-likeness (QED) is 0.866. The summed E-state index contributed by atoms with van der Waals surface area (Å²) in [7, 11) is -3.47. The average molecular weight is 350 g/mol.